The van der Waals surface area contributed by atoms with Gasteiger partial charge in [0.1, 0.15) is 5.75 Å². The van der Waals surface area contributed by atoms with Gasteiger partial charge in [-0.2, -0.15) is 0 Å². The number of hydrogen-bond donors (Lipinski definition) is 0. The van der Waals surface area contributed by atoms with Gasteiger partial charge in [-0.3, -0.25) is 4.79 Å². The van der Waals surface area contributed by atoms with Gasteiger partial charge in [-0.1, -0.05) is 17.7 Å². The zero-order valence-electron chi connectivity index (χ0n) is 11.8. The Morgan fingerprint density at radius 1 is 1.37 bits per heavy atom. The fourth-order valence-electron chi connectivity index (χ4n) is 2.15. The quantitative estimate of drug-likeness (QED) is 0.837. The molecule has 0 aromatic heterocycles. The van der Waals surface area contributed by atoms with Crippen LogP contribution >= 0.6 is 0 Å². The lowest BCUT2D eigenvalue weighted by atomic mass is 10.1. The highest BCUT2D eigenvalue weighted by Crippen LogP contribution is 2.15. The highest BCUT2D eigenvalue weighted by atomic mass is 16.5. The van der Waals surface area contributed by atoms with Crippen molar-refractivity contribution < 1.29 is 14.3 Å². The van der Waals surface area contributed by atoms with E-state index >= 15 is 0 Å². The van der Waals surface area contributed by atoms with E-state index in [0.717, 1.165) is 5.75 Å². The zero-order chi connectivity index (χ0) is 13.8. The van der Waals surface area contributed by atoms with Crippen molar-refractivity contribution in [2.24, 2.45) is 0 Å². The molecule has 0 saturated carbocycles. The van der Waals surface area contributed by atoms with E-state index < -0.39 is 0 Å². The SMILES string of the molecule is Cc1ccc(OCC(=O)N2CCOC(C)C2C)cc1. The molecule has 1 fully saturated rings. The summed E-state index contributed by atoms with van der Waals surface area (Å²) in [6.45, 7) is 7.34. The normalized spacial score (nSPS) is 23.2. The largest absolute Gasteiger partial charge is 0.484 e. The van der Waals surface area contributed by atoms with Crippen molar-refractivity contribution in [3.63, 3.8) is 0 Å². The van der Waals surface area contributed by atoms with Crippen LogP contribution in [0.5, 0.6) is 5.75 Å². The molecule has 0 bridgehead atoms. The van der Waals surface area contributed by atoms with Gasteiger partial charge < -0.3 is 14.4 Å². The average molecular weight is 263 g/mol. The number of aryl methyl sites for hydroxylation is 1. The van der Waals surface area contributed by atoms with E-state index in [2.05, 4.69) is 0 Å². The van der Waals surface area contributed by atoms with Crippen LogP contribution in [0.2, 0.25) is 0 Å². The molecule has 1 aromatic carbocycles. The first-order valence-electron chi connectivity index (χ1n) is 6.68. The number of morpholine rings is 1. The third-order valence-electron chi connectivity index (χ3n) is 3.59. The van der Waals surface area contributed by atoms with Gasteiger partial charge in [-0.05, 0) is 32.9 Å². The summed E-state index contributed by atoms with van der Waals surface area (Å²) in [5.74, 6) is 0.746. The minimum atomic E-state index is 0.0169. The number of ether oxygens (including phenoxy) is 2. The molecule has 1 amide bonds. The minimum absolute atomic E-state index is 0.0169. The summed E-state index contributed by atoms with van der Waals surface area (Å²) in [5.41, 5.74) is 1.18. The Labute approximate surface area is 114 Å². The first-order chi connectivity index (χ1) is 9.08. The molecule has 0 spiro atoms. The highest BCUT2D eigenvalue weighted by Gasteiger charge is 2.29. The van der Waals surface area contributed by atoms with Crippen LogP contribution in [0.25, 0.3) is 0 Å². The van der Waals surface area contributed by atoms with Crippen LogP contribution in [-0.2, 0) is 9.53 Å². The van der Waals surface area contributed by atoms with Gasteiger partial charge in [-0.25, -0.2) is 0 Å². The standard InChI is InChI=1S/C15H21NO3/c1-11-4-6-14(7-5-11)19-10-15(17)16-8-9-18-13(3)12(16)2/h4-7,12-13H,8-10H2,1-3H3. The molecule has 4 heteroatoms. The van der Waals surface area contributed by atoms with Crippen LogP contribution in [0.3, 0.4) is 0 Å². The van der Waals surface area contributed by atoms with E-state index in [4.69, 9.17) is 9.47 Å². The van der Waals surface area contributed by atoms with E-state index in [1.54, 1.807) is 0 Å². The summed E-state index contributed by atoms with van der Waals surface area (Å²) in [4.78, 5) is 14.0. The second-order valence-electron chi connectivity index (χ2n) is 5.01. The smallest absolute Gasteiger partial charge is 0.260 e. The molecule has 1 aromatic rings. The van der Waals surface area contributed by atoms with Crippen molar-refractivity contribution in [1.29, 1.82) is 0 Å². The maximum absolute atomic E-state index is 12.1. The second kappa shape index (κ2) is 6.06. The van der Waals surface area contributed by atoms with E-state index in [-0.39, 0.29) is 24.7 Å². The van der Waals surface area contributed by atoms with E-state index in [9.17, 15) is 4.79 Å². The third kappa shape index (κ3) is 3.47. The lowest BCUT2D eigenvalue weighted by Gasteiger charge is -2.37. The molecule has 0 aliphatic carbocycles. The lowest BCUT2D eigenvalue weighted by molar-refractivity contribution is -0.146. The molecule has 1 aliphatic rings. The summed E-state index contributed by atoms with van der Waals surface area (Å²) in [6, 6.07) is 7.81. The van der Waals surface area contributed by atoms with E-state index in [1.165, 1.54) is 5.56 Å². The molecule has 2 rings (SSSR count). The summed E-state index contributed by atoms with van der Waals surface area (Å²) in [5, 5.41) is 0. The van der Waals surface area contributed by atoms with Gasteiger partial charge in [0, 0.05) is 6.54 Å². The molecule has 2 unspecified atom stereocenters. The van der Waals surface area contributed by atoms with Crippen LogP contribution in [-0.4, -0.2) is 42.7 Å². The molecule has 1 aliphatic heterocycles. The molecule has 2 atom stereocenters. The number of nitrogens with zero attached hydrogens (tertiary/aromatic N) is 1. The van der Waals surface area contributed by atoms with Crippen molar-refractivity contribution in [3.8, 4) is 5.75 Å². The Kier molecular flexibility index (Phi) is 4.43. The number of benzene rings is 1. The maximum atomic E-state index is 12.1. The number of carbonyl (C=O) groups excluding carboxylic acids is 1. The van der Waals surface area contributed by atoms with Crippen molar-refractivity contribution >= 4 is 5.91 Å². The predicted octanol–water partition coefficient (Wildman–Crippen LogP) is 2.01. The Balaban J connectivity index is 1.88. The first-order valence-corrected chi connectivity index (χ1v) is 6.68. The predicted molar refractivity (Wildman–Crippen MR) is 73.3 cm³/mol. The van der Waals surface area contributed by atoms with Crippen molar-refractivity contribution in [2.45, 2.75) is 32.9 Å². The lowest BCUT2D eigenvalue weighted by Crippen LogP contribution is -2.52. The number of hydrogen-bond acceptors (Lipinski definition) is 3. The molecule has 19 heavy (non-hydrogen) atoms. The second-order valence-corrected chi connectivity index (χ2v) is 5.01. The Bertz CT molecular complexity index is 430. The van der Waals surface area contributed by atoms with Gasteiger partial charge in [0.2, 0.25) is 0 Å². The molecular weight excluding hydrogens is 242 g/mol. The topological polar surface area (TPSA) is 38.8 Å². The van der Waals surface area contributed by atoms with Crippen LogP contribution < -0.4 is 4.74 Å². The minimum Gasteiger partial charge on any atom is -0.484 e. The molecule has 1 heterocycles. The van der Waals surface area contributed by atoms with Crippen LogP contribution in [0.1, 0.15) is 19.4 Å². The summed E-state index contributed by atoms with van der Waals surface area (Å²) >= 11 is 0. The maximum Gasteiger partial charge on any atom is 0.260 e. The highest BCUT2D eigenvalue weighted by molar-refractivity contribution is 5.78. The van der Waals surface area contributed by atoms with Crippen LogP contribution in [0, 0.1) is 6.92 Å². The number of rotatable bonds is 3. The van der Waals surface area contributed by atoms with E-state index in [1.807, 2.05) is 49.9 Å². The van der Waals surface area contributed by atoms with Gasteiger partial charge in [0.05, 0.1) is 18.8 Å². The fourth-order valence-corrected chi connectivity index (χ4v) is 2.15. The van der Waals surface area contributed by atoms with Gasteiger partial charge >= 0.3 is 0 Å². The van der Waals surface area contributed by atoms with Crippen molar-refractivity contribution in [1.82, 2.24) is 4.90 Å². The summed E-state index contributed by atoms with van der Waals surface area (Å²) in [7, 11) is 0. The molecular formula is C15H21NO3. The van der Waals surface area contributed by atoms with Crippen molar-refractivity contribution in [3.05, 3.63) is 29.8 Å². The number of amides is 1. The summed E-state index contributed by atoms with van der Waals surface area (Å²) in [6.07, 6.45) is 0.0806. The summed E-state index contributed by atoms with van der Waals surface area (Å²) < 4.78 is 11.0. The van der Waals surface area contributed by atoms with Crippen molar-refractivity contribution in [2.75, 3.05) is 19.8 Å². The molecule has 4 nitrogen and oxygen atoms in total. The first kappa shape index (κ1) is 13.9. The Hall–Kier alpha value is -1.55. The average Bonchev–Trinajstić information content (AvgIpc) is 2.41. The Morgan fingerprint density at radius 3 is 2.74 bits per heavy atom. The molecule has 104 valence electrons. The van der Waals surface area contributed by atoms with Crippen LogP contribution in [0.4, 0.5) is 0 Å². The third-order valence-corrected chi connectivity index (χ3v) is 3.59. The number of carbonyl (C=O) groups is 1. The Morgan fingerprint density at radius 2 is 2.05 bits per heavy atom. The zero-order valence-corrected chi connectivity index (χ0v) is 11.8. The van der Waals surface area contributed by atoms with Gasteiger partial charge in [0.15, 0.2) is 6.61 Å². The van der Waals surface area contributed by atoms with Gasteiger partial charge in [-0.15, -0.1) is 0 Å². The monoisotopic (exact) mass is 263 g/mol. The van der Waals surface area contributed by atoms with Crippen LogP contribution in [0.15, 0.2) is 24.3 Å². The molecule has 1 saturated heterocycles. The fraction of sp³-hybridized carbons (Fsp3) is 0.533. The van der Waals surface area contributed by atoms with E-state index in [0.29, 0.717) is 13.2 Å². The van der Waals surface area contributed by atoms with Gasteiger partial charge in [0.25, 0.3) is 5.91 Å². The molecule has 0 radical (unpaired) electrons. The molecule has 0 N–H and O–H groups in total.